The smallest absolute Gasteiger partial charge is 0.244 e. The lowest BCUT2D eigenvalue weighted by Gasteiger charge is -2.30. The topological polar surface area (TPSA) is 49.4 Å². The molecule has 1 aliphatic rings. The minimum absolute atomic E-state index is 0.260. The van der Waals surface area contributed by atoms with E-state index in [4.69, 9.17) is 0 Å². The molecule has 2 heterocycles. The van der Waals surface area contributed by atoms with E-state index in [1.54, 1.807) is 15.8 Å². The second kappa shape index (κ2) is 4.92. The molecule has 0 amide bonds. The Balaban J connectivity index is 2.30. The molecular formula is C12H20N2O2S2. The maximum absolute atomic E-state index is 12.6. The van der Waals surface area contributed by atoms with Crippen LogP contribution in [0.15, 0.2) is 16.3 Å². The zero-order chi connectivity index (χ0) is 13.4. The predicted octanol–water partition coefficient (Wildman–Crippen LogP) is 2.03. The summed E-state index contributed by atoms with van der Waals surface area (Å²) in [7, 11) is -1.47. The van der Waals surface area contributed by atoms with Gasteiger partial charge < -0.3 is 5.32 Å². The summed E-state index contributed by atoms with van der Waals surface area (Å²) < 4.78 is 26.8. The molecule has 0 spiro atoms. The summed E-state index contributed by atoms with van der Waals surface area (Å²) in [5, 5.41) is 4.78. The van der Waals surface area contributed by atoms with Gasteiger partial charge in [0, 0.05) is 28.9 Å². The Labute approximate surface area is 113 Å². The SMILES string of the molecule is CNCc1cc(S(=O)(=O)N2CCCC2(C)C)cs1. The van der Waals surface area contributed by atoms with Crippen molar-refractivity contribution in [1.29, 1.82) is 0 Å². The summed E-state index contributed by atoms with van der Waals surface area (Å²) in [6.45, 7) is 5.34. The largest absolute Gasteiger partial charge is 0.315 e. The van der Waals surface area contributed by atoms with Gasteiger partial charge >= 0.3 is 0 Å². The normalized spacial score (nSPS) is 20.4. The summed E-state index contributed by atoms with van der Waals surface area (Å²) in [6.07, 6.45) is 1.87. The van der Waals surface area contributed by atoms with Gasteiger partial charge in [0.1, 0.15) is 0 Å². The first kappa shape index (κ1) is 14.0. The van der Waals surface area contributed by atoms with Crippen molar-refractivity contribution in [2.75, 3.05) is 13.6 Å². The molecule has 0 radical (unpaired) electrons. The van der Waals surface area contributed by atoms with Gasteiger partial charge in [-0.3, -0.25) is 0 Å². The van der Waals surface area contributed by atoms with Gasteiger partial charge in [0.2, 0.25) is 10.0 Å². The third-order valence-corrected chi connectivity index (χ3v) is 6.57. The Bertz CT molecular complexity index is 520. The van der Waals surface area contributed by atoms with E-state index in [9.17, 15) is 8.42 Å². The molecule has 0 unspecified atom stereocenters. The molecule has 0 aromatic carbocycles. The number of thiophene rings is 1. The Hall–Kier alpha value is -0.430. The van der Waals surface area contributed by atoms with Crippen molar-refractivity contribution in [3.63, 3.8) is 0 Å². The maximum atomic E-state index is 12.6. The highest BCUT2D eigenvalue weighted by Crippen LogP contribution is 2.35. The highest BCUT2D eigenvalue weighted by molar-refractivity contribution is 7.89. The number of hydrogen-bond donors (Lipinski definition) is 1. The first-order valence-electron chi connectivity index (χ1n) is 6.13. The molecule has 1 saturated heterocycles. The molecule has 1 aromatic rings. The van der Waals surface area contributed by atoms with Crippen molar-refractivity contribution >= 4 is 21.4 Å². The molecule has 0 aliphatic carbocycles. The molecule has 6 heteroatoms. The fourth-order valence-electron chi connectivity index (χ4n) is 2.42. The second-order valence-corrected chi connectivity index (χ2v) is 8.13. The standard InChI is InChI=1S/C12H20N2O2S2/c1-12(2)5-4-6-14(12)18(15,16)11-7-10(8-13-3)17-9-11/h7,9,13H,4-6,8H2,1-3H3. The van der Waals surface area contributed by atoms with Crippen LogP contribution in [-0.4, -0.2) is 31.9 Å². The fraction of sp³-hybridized carbons (Fsp3) is 0.667. The van der Waals surface area contributed by atoms with Crippen LogP contribution in [0.1, 0.15) is 31.6 Å². The van der Waals surface area contributed by atoms with Crippen LogP contribution in [0.25, 0.3) is 0 Å². The lowest BCUT2D eigenvalue weighted by atomic mass is 10.0. The van der Waals surface area contributed by atoms with E-state index >= 15 is 0 Å². The van der Waals surface area contributed by atoms with Crippen LogP contribution in [0.5, 0.6) is 0 Å². The van der Waals surface area contributed by atoms with Crippen LogP contribution in [0, 0.1) is 0 Å². The van der Waals surface area contributed by atoms with E-state index in [0.29, 0.717) is 18.0 Å². The van der Waals surface area contributed by atoms with E-state index in [2.05, 4.69) is 5.32 Å². The van der Waals surface area contributed by atoms with Crippen molar-refractivity contribution < 1.29 is 8.42 Å². The van der Waals surface area contributed by atoms with Crippen LogP contribution in [0.3, 0.4) is 0 Å². The van der Waals surface area contributed by atoms with Crippen molar-refractivity contribution in [3.8, 4) is 0 Å². The van der Waals surface area contributed by atoms with Gasteiger partial charge in [-0.1, -0.05) is 0 Å². The molecule has 102 valence electrons. The van der Waals surface area contributed by atoms with Crippen LogP contribution < -0.4 is 5.32 Å². The van der Waals surface area contributed by atoms with Crippen LogP contribution in [0.4, 0.5) is 0 Å². The van der Waals surface area contributed by atoms with Gasteiger partial charge in [-0.2, -0.15) is 4.31 Å². The zero-order valence-electron chi connectivity index (χ0n) is 11.1. The second-order valence-electron chi connectivity index (χ2n) is 5.27. The van der Waals surface area contributed by atoms with E-state index < -0.39 is 10.0 Å². The molecule has 18 heavy (non-hydrogen) atoms. The molecule has 1 fully saturated rings. The minimum atomic E-state index is -3.33. The Morgan fingerprint density at radius 1 is 1.50 bits per heavy atom. The monoisotopic (exact) mass is 288 g/mol. The van der Waals surface area contributed by atoms with Gasteiger partial charge in [-0.25, -0.2) is 8.42 Å². The van der Waals surface area contributed by atoms with Gasteiger partial charge in [-0.15, -0.1) is 11.3 Å². The molecule has 0 bridgehead atoms. The van der Waals surface area contributed by atoms with Crippen molar-refractivity contribution in [3.05, 3.63) is 16.3 Å². The van der Waals surface area contributed by atoms with Crippen molar-refractivity contribution in [2.24, 2.45) is 0 Å². The molecule has 1 N–H and O–H groups in total. The van der Waals surface area contributed by atoms with Gasteiger partial charge in [-0.05, 0) is 39.8 Å². The van der Waals surface area contributed by atoms with Gasteiger partial charge in [0.25, 0.3) is 0 Å². The number of sulfonamides is 1. The Kier molecular flexibility index (Phi) is 3.82. The molecule has 4 nitrogen and oxygen atoms in total. The summed E-state index contributed by atoms with van der Waals surface area (Å²) in [5.41, 5.74) is -0.260. The molecule has 0 saturated carbocycles. The van der Waals surface area contributed by atoms with E-state index in [1.165, 1.54) is 11.3 Å². The molecule has 1 aliphatic heterocycles. The molecule has 2 rings (SSSR count). The van der Waals surface area contributed by atoms with Crippen LogP contribution in [0.2, 0.25) is 0 Å². The highest BCUT2D eigenvalue weighted by atomic mass is 32.2. The summed E-state index contributed by atoms with van der Waals surface area (Å²) in [4.78, 5) is 1.49. The minimum Gasteiger partial charge on any atom is -0.315 e. The number of nitrogens with one attached hydrogen (secondary N) is 1. The van der Waals surface area contributed by atoms with E-state index in [0.717, 1.165) is 17.7 Å². The predicted molar refractivity (Wildman–Crippen MR) is 74.3 cm³/mol. The summed E-state index contributed by atoms with van der Waals surface area (Å²) >= 11 is 1.49. The van der Waals surface area contributed by atoms with Crippen LogP contribution in [-0.2, 0) is 16.6 Å². The van der Waals surface area contributed by atoms with E-state index in [-0.39, 0.29) is 5.54 Å². The maximum Gasteiger partial charge on any atom is 0.244 e. The van der Waals surface area contributed by atoms with Crippen molar-refractivity contribution in [1.82, 2.24) is 9.62 Å². The quantitative estimate of drug-likeness (QED) is 0.922. The lowest BCUT2D eigenvalue weighted by Crippen LogP contribution is -2.42. The summed E-state index contributed by atoms with van der Waals surface area (Å²) in [5.74, 6) is 0. The number of nitrogens with zero attached hydrogens (tertiary/aromatic N) is 1. The zero-order valence-corrected chi connectivity index (χ0v) is 12.7. The highest BCUT2D eigenvalue weighted by Gasteiger charge is 2.41. The average molecular weight is 288 g/mol. The summed E-state index contributed by atoms with van der Waals surface area (Å²) in [6, 6.07) is 1.78. The Morgan fingerprint density at radius 2 is 2.22 bits per heavy atom. The Morgan fingerprint density at radius 3 is 2.78 bits per heavy atom. The fourth-order valence-corrected chi connectivity index (χ4v) is 5.54. The first-order chi connectivity index (χ1) is 8.38. The lowest BCUT2D eigenvalue weighted by molar-refractivity contribution is 0.292. The number of rotatable bonds is 4. The number of hydrogen-bond acceptors (Lipinski definition) is 4. The molecule has 1 aromatic heterocycles. The third-order valence-electron chi connectivity index (χ3n) is 3.39. The van der Waals surface area contributed by atoms with Gasteiger partial charge in [0.05, 0.1) is 4.90 Å². The van der Waals surface area contributed by atoms with E-state index in [1.807, 2.05) is 20.9 Å². The first-order valence-corrected chi connectivity index (χ1v) is 8.45. The molecule has 0 atom stereocenters. The van der Waals surface area contributed by atoms with Crippen molar-refractivity contribution in [2.45, 2.75) is 43.7 Å². The van der Waals surface area contributed by atoms with Gasteiger partial charge in [0.15, 0.2) is 0 Å². The van der Waals surface area contributed by atoms with Crippen LogP contribution >= 0.6 is 11.3 Å². The third kappa shape index (κ3) is 2.47. The molecular weight excluding hydrogens is 268 g/mol. The average Bonchev–Trinajstić information content (AvgIpc) is 2.85.